The fraction of sp³-hybridized carbons (Fsp3) is 0.333. The van der Waals surface area contributed by atoms with E-state index in [1.807, 2.05) is 0 Å². The van der Waals surface area contributed by atoms with Crippen LogP contribution in [0, 0.1) is 0 Å². The summed E-state index contributed by atoms with van der Waals surface area (Å²) in [5, 5.41) is 1.80. The predicted molar refractivity (Wildman–Crippen MR) is 33.4 cm³/mol. The van der Waals surface area contributed by atoms with Crippen LogP contribution in [0.1, 0.15) is 0 Å². The van der Waals surface area contributed by atoms with Gasteiger partial charge in [0, 0.05) is 0 Å². The molecule has 0 amide bonds. The van der Waals surface area contributed by atoms with Gasteiger partial charge >= 0.3 is 7.75 Å². The molecule has 0 aliphatic rings. The van der Waals surface area contributed by atoms with E-state index in [4.69, 9.17) is 15.5 Å². The first-order chi connectivity index (χ1) is 3.95. The van der Waals surface area contributed by atoms with Gasteiger partial charge in [0.15, 0.2) is 0 Å². The molecule has 0 aromatic heterocycles. The molecule has 0 saturated heterocycles. The molecule has 0 bridgehead atoms. The fourth-order valence-corrected chi connectivity index (χ4v) is 0.741. The Labute approximate surface area is 52.8 Å². The third-order valence-electron chi connectivity index (χ3n) is 0.571. The molecule has 0 spiro atoms. The van der Waals surface area contributed by atoms with Gasteiger partial charge in [0.2, 0.25) is 0 Å². The lowest BCUT2D eigenvalue weighted by atomic mass is 10.5. The molecule has 0 rings (SSSR count). The number of rotatable bonds is 3. The molecular weight excluding hydrogens is 143 g/mol. The normalized spacial score (nSPS) is 15.0. The van der Waals surface area contributed by atoms with E-state index in [1.54, 1.807) is 5.09 Å². The first kappa shape index (κ1) is 8.81. The molecule has 1 unspecified atom stereocenters. The predicted octanol–water partition coefficient (Wildman–Crippen LogP) is -0.860. The highest BCUT2D eigenvalue weighted by Crippen LogP contribution is 2.27. The van der Waals surface area contributed by atoms with Crippen molar-refractivity contribution in [3.8, 4) is 0 Å². The first-order valence-electron chi connectivity index (χ1n) is 2.17. The van der Waals surface area contributed by atoms with Crippen molar-refractivity contribution in [1.29, 1.82) is 0 Å². The van der Waals surface area contributed by atoms with Crippen molar-refractivity contribution in [3.63, 3.8) is 0 Å². The van der Waals surface area contributed by atoms with Crippen LogP contribution in [0.5, 0.6) is 0 Å². The summed E-state index contributed by atoms with van der Waals surface area (Å²) in [6.07, 6.45) is 0.338. The Morgan fingerprint density at radius 2 is 2.22 bits per heavy atom. The van der Waals surface area contributed by atoms with Crippen LogP contribution in [0.25, 0.3) is 0 Å². The van der Waals surface area contributed by atoms with Gasteiger partial charge < -0.3 is 15.5 Å². The maximum Gasteiger partial charge on any atom is 0.401 e. The van der Waals surface area contributed by atoms with Gasteiger partial charge in [-0.2, -0.15) is 0 Å². The quantitative estimate of drug-likeness (QED) is 0.240. The maximum atomic E-state index is 10.1. The Kier molecular flexibility index (Phi) is 3.03. The standard InChI is InChI=1S/C3H9N2O3P/c1-2-3(4)5-9(6,7)8/h2-3H,1,4H2,(H3,5,6,7,8). The maximum absolute atomic E-state index is 10.1. The third-order valence-corrected chi connectivity index (χ3v) is 1.21. The van der Waals surface area contributed by atoms with Gasteiger partial charge in [-0.3, -0.25) is 0 Å². The number of nitrogens with one attached hydrogen (secondary N) is 1. The average molecular weight is 152 g/mol. The highest BCUT2D eigenvalue weighted by molar-refractivity contribution is 7.49. The van der Waals surface area contributed by atoms with E-state index in [9.17, 15) is 4.57 Å². The lowest BCUT2D eigenvalue weighted by Crippen LogP contribution is -2.32. The van der Waals surface area contributed by atoms with E-state index in [0.717, 1.165) is 0 Å². The minimum absolute atomic E-state index is 0.856. The van der Waals surface area contributed by atoms with Gasteiger partial charge in [0.25, 0.3) is 0 Å². The van der Waals surface area contributed by atoms with Gasteiger partial charge in [-0.05, 0) is 0 Å². The average Bonchev–Trinajstić information content (AvgIpc) is 1.62. The van der Waals surface area contributed by atoms with Gasteiger partial charge in [-0.25, -0.2) is 9.65 Å². The Hall–Kier alpha value is -0.190. The Balaban J connectivity index is 3.74. The molecule has 5 nitrogen and oxygen atoms in total. The highest BCUT2D eigenvalue weighted by Gasteiger charge is 2.13. The second-order valence-electron chi connectivity index (χ2n) is 1.43. The Morgan fingerprint density at radius 1 is 1.78 bits per heavy atom. The zero-order chi connectivity index (χ0) is 7.49. The van der Waals surface area contributed by atoms with Crippen molar-refractivity contribution in [2.75, 3.05) is 0 Å². The summed E-state index contributed by atoms with van der Waals surface area (Å²) >= 11 is 0. The number of nitrogens with two attached hydrogens (primary N) is 1. The molecule has 0 radical (unpaired) electrons. The molecule has 0 fully saturated rings. The summed E-state index contributed by atoms with van der Waals surface area (Å²) in [5.74, 6) is 0. The van der Waals surface area contributed by atoms with E-state index in [2.05, 4.69) is 6.58 Å². The van der Waals surface area contributed by atoms with E-state index in [1.165, 1.54) is 6.08 Å². The second-order valence-corrected chi connectivity index (χ2v) is 2.78. The monoisotopic (exact) mass is 152 g/mol. The molecular formula is C3H9N2O3P. The van der Waals surface area contributed by atoms with E-state index in [0.29, 0.717) is 0 Å². The van der Waals surface area contributed by atoms with Crippen molar-refractivity contribution in [1.82, 2.24) is 5.09 Å². The molecule has 0 aromatic carbocycles. The van der Waals surface area contributed by atoms with Crippen LogP contribution in [-0.2, 0) is 4.57 Å². The molecule has 5 N–H and O–H groups in total. The fourth-order valence-electron chi connectivity index (χ4n) is 0.247. The summed E-state index contributed by atoms with van der Waals surface area (Å²) in [6.45, 7) is 3.21. The van der Waals surface area contributed by atoms with Crippen molar-refractivity contribution < 1.29 is 14.4 Å². The van der Waals surface area contributed by atoms with Crippen LogP contribution >= 0.6 is 7.75 Å². The number of hydrogen-bond donors (Lipinski definition) is 4. The smallest absolute Gasteiger partial charge is 0.313 e. The molecule has 9 heavy (non-hydrogen) atoms. The largest absolute Gasteiger partial charge is 0.401 e. The van der Waals surface area contributed by atoms with Crippen LogP contribution < -0.4 is 10.8 Å². The minimum atomic E-state index is -4.18. The lowest BCUT2D eigenvalue weighted by molar-refractivity contribution is 0.353. The number of hydrogen-bond acceptors (Lipinski definition) is 2. The molecule has 1 atom stereocenters. The van der Waals surface area contributed by atoms with Gasteiger partial charge in [-0.15, -0.1) is 6.58 Å². The van der Waals surface area contributed by atoms with Crippen molar-refractivity contribution in [3.05, 3.63) is 12.7 Å². The highest BCUT2D eigenvalue weighted by atomic mass is 31.2. The van der Waals surface area contributed by atoms with Crippen molar-refractivity contribution in [2.24, 2.45) is 5.73 Å². The SMILES string of the molecule is C=CC(N)NP(=O)(O)O. The van der Waals surface area contributed by atoms with Crippen LogP contribution in [0.2, 0.25) is 0 Å². The summed E-state index contributed by atoms with van der Waals surface area (Å²) in [7, 11) is -4.18. The van der Waals surface area contributed by atoms with Crippen LogP contribution in [0.3, 0.4) is 0 Å². The first-order valence-corrected chi connectivity index (χ1v) is 3.78. The molecule has 54 valence electrons. The third kappa shape index (κ3) is 5.68. The molecule has 0 heterocycles. The summed E-state index contributed by atoms with van der Waals surface area (Å²) in [4.78, 5) is 16.4. The summed E-state index contributed by atoms with van der Waals surface area (Å²) < 4.78 is 10.1. The van der Waals surface area contributed by atoms with E-state index >= 15 is 0 Å². The zero-order valence-electron chi connectivity index (χ0n) is 4.69. The molecule has 6 heteroatoms. The van der Waals surface area contributed by atoms with E-state index in [-0.39, 0.29) is 0 Å². The van der Waals surface area contributed by atoms with Crippen molar-refractivity contribution >= 4 is 7.75 Å². The molecule has 0 saturated carbocycles. The minimum Gasteiger partial charge on any atom is -0.313 e. The van der Waals surface area contributed by atoms with Crippen LogP contribution in [0.4, 0.5) is 0 Å². The van der Waals surface area contributed by atoms with Gasteiger partial charge in [-0.1, -0.05) is 6.08 Å². The van der Waals surface area contributed by atoms with Crippen LogP contribution in [0.15, 0.2) is 12.7 Å². The molecule has 0 aliphatic heterocycles. The topological polar surface area (TPSA) is 95.6 Å². The Bertz CT molecular complexity index is 142. The summed E-state index contributed by atoms with van der Waals surface area (Å²) in [6, 6.07) is 0. The lowest BCUT2D eigenvalue weighted by Gasteiger charge is -2.08. The van der Waals surface area contributed by atoms with Crippen molar-refractivity contribution in [2.45, 2.75) is 6.17 Å². The summed E-state index contributed by atoms with van der Waals surface area (Å²) in [5.41, 5.74) is 5.04. The molecule has 0 aromatic rings. The second kappa shape index (κ2) is 3.10. The van der Waals surface area contributed by atoms with E-state index < -0.39 is 13.9 Å². The van der Waals surface area contributed by atoms with Gasteiger partial charge in [0.05, 0.1) is 6.17 Å². The zero-order valence-corrected chi connectivity index (χ0v) is 5.58. The Morgan fingerprint density at radius 3 is 2.33 bits per heavy atom. The molecule has 0 aliphatic carbocycles. The van der Waals surface area contributed by atoms with Crippen LogP contribution in [-0.4, -0.2) is 16.0 Å². The van der Waals surface area contributed by atoms with Gasteiger partial charge in [0.1, 0.15) is 0 Å².